The van der Waals surface area contributed by atoms with E-state index in [0.29, 0.717) is 19.3 Å². The van der Waals surface area contributed by atoms with Crippen molar-refractivity contribution in [1.82, 2.24) is 0 Å². The lowest BCUT2D eigenvalue weighted by atomic mass is 10.0. The third-order valence-electron chi connectivity index (χ3n) is 12.0. The number of allylic oxidation sites excluding steroid dienone is 12. The molecule has 0 aliphatic rings. The lowest BCUT2D eigenvalue weighted by molar-refractivity contribution is -0.167. The Morgan fingerprint density at radius 1 is 0.318 bits per heavy atom. The molecule has 0 N–H and O–H groups in total. The fourth-order valence-electron chi connectivity index (χ4n) is 7.80. The smallest absolute Gasteiger partial charge is 0.306 e. The van der Waals surface area contributed by atoms with Crippen molar-refractivity contribution in [3.63, 3.8) is 0 Å². The minimum Gasteiger partial charge on any atom is -0.462 e. The molecule has 66 heavy (non-hydrogen) atoms. The van der Waals surface area contributed by atoms with Crippen LogP contribution in [0.1, 0.15) is 271 Å². The lowest BCUT2D eigenvalue weighted by Crippen LogP contribution is -2.30. The molecule has 380 valence electrons. The highest BCUT2D eigenvalue weighted by molar-refractivity contribution is 5.71. The summed E-state index contributed by atoms with van der Waals surface area (Å²) in [6.07, 6.45) is 69.4. The van der Waals surface area contributed by atoms with Gasteiger partial charge in [-0.25, -0.2) is 0 Å². The first-order valence-corrected chi connectivity index (χ1v) is 27.9. The largest absolute Gasteiger partial charge is 0.462 e. The molecule has 0 amide bonds. The summed E-state index contributed by atoms with van der Waals surface area (Å²) in [6.45, 7) is 6.45. The molecule has 0 saturated carbocycles. The topological polar surface area (TPSA) is 78.9 Å². The van der Waals surface area contributed by atoms with Gasteiger partial charge >= 0.3 is 17.9 Å². The maximum Gasteiger partial charge on any atom is 0.306 e. The molecule has 0 aromatic carbocycles. The van der Waals surface area contributed by atoms with E-state index in [1.165, 1.54) is 128 Å². The Bertz CT molecular complexity index is 1240. The van der Waals surface area contributed by atoms with Crippen molar-refractivity contribution in [3.8, 4) is 0 Å². The fourth-order valence-corrected chi connectivity index (χ4v) is 7.80. The Hall–Kier alpha value is -3.15. The molecule has 0 aliphatic carbocycles. The zero-order chi connectivity index (χ0) is 47.9. The van der Waals surface area contributed by atoms with Crippen molar-refractivity contribution in [2.75, 3.05) is 13.2 Å². The van der Waals surface area contributed by atoms with Crippen LogP contribution in [0.5, 0.6) is 0 Å². The molecule has 0 heterocycles. The Morgan fingerprint density at radius 3 is 0.924 bits per heavy atom. The Balaban J connectivity index is 4.05. The van der Waals surface area contributed by atoms with Gasteiger partial charge in [-0.1, -0.05) is 254 Å². The summed E-state index contributed by atoms with van der Waals surface area (Å²) >= 11 is 0. The Morgan fingerprint density at radius 2 is 0.591 bits per heavy atom. The van der Waals surface area contributed by atoms with E-state index in [0.717, 1.165) is 103 Å². The third-order valence-corrected chi connectivity index (χ3v) is 12.0. The summed E-state index contributed by atoms with van der Waals surface area (Å²) in [7, 11) is 0. The summed E-state index contributed by atoms with van der Waals surface area (Å²) in [6, 6.07) is 0. The van der Waals surface area contributed by atoms with Crippen LogP contribution in [0, 0.1) is 0 Å². The quantitative estimate of drug-likeness (QED) is 0.0262. The van der Waals surface area contributed by atoms with Gasteiger partial charge in [0.2, 0.25) is 0 Å². The van der Waals surface area contributed by atoms with Gasteiger partial charge in [0.05, 0.1) is 0 Å². The number of carbonyl (C=O) groups excluding carboxylic acids is 3. The molecule has 0 bridgehead atoms. The summed E-state index contributed by atoms with van der Waals surface area (Å²) < 4.78 is 16.7. The predicted molar refractivity (Wildman–Crippen MR) is 284 cm³/mol. The number of carbonyl (C=O) groups is 3. The van der Waals surface area contributed by atoms with Crippen molar-refractivity contribution in [1.29, 1.82) is 0 Å². The maximum absolute atomic E-state index is 12.7. The SMILES string of the molecule is CC/C=C\C/C=C\C/C=C\C/C=C\C/C=C\C/C=C\CCCCCCCCCCCCC(=O)OCC(COC(=O)CCCCCCC)OC(=O)CCCCCCCCCCCCCCCC. The number of ether oxygens (including phenoxy) is 3. The Kier molecular flexibility index (Phi) is 51.9. The summed E-state index contributed by atoms with van der Waals surface area (Å²) in [5.41, 5.74) is 0. The van der Waals surface area contributed by atoms with Crippen molar-refractivity contribution >= 4 is 17.9 Å². The molecule has 1 atom stereocenters. The van der Waals surface area contributed by atoms with E-state index in [2.05, 4.69) is 93.7 Å². The van der Waals surface area contributed by atoms with Crippen molar-refractivity contribution < 1.29 is 28.6 Å². The van der Waals surface area contributed by atoms with E-state index in [-0.39, 0.29) is 31.1 Å². The zero-order valence-corrected chi connectivity index (χ0v) is 43.4. The molecule has 6 nitrogen and oxygen atoms in total. The molecular formula is C60H104O6. The van der Waals surface area contributed by atoms with Crippen molar-refractivity contribution in [2.45, 2.75) is 277 Å². The lowest BCUT2D eigenvalue weighted by Gasteiger charge is -2.18. The van der Waals surface area contributed by atoms with Crippen LogP contribution in [0.3, 0.4) is 0 Å². The fraction of sp³-hybridized carbons (Fsp3) is 0.750. The summed E-state index contributed by atoms with van der Waals surface area (Å²) in [5.74, 6) is -0.886. The highest BCUT2D eigenvalue weighted by atomic mass is 16.6. The van der Waals surface area contributed by atoms with Crippen LogP contribution in [0.25, 0.3) is 0 Å². The molecule has 6 heteroatoms. The summed E-state index contributed by atoms with van der Waals surface area (Å²) in [5, 5.41) is 0. The summed E-state index contributed by atoms with van der Waals surface area (Å²) in [4.78, 5) is 37.7. The number of hydrogen-bond acceptors (Lipinski definition) is 6. The van der Waals surface area contributed by atoms with E-state index in [4.69, 9.17) is 14.2 Å². The van der Waals surface area contributed by atoms with Crippen LogP contribution < -0.4 is 0 Å². The highest BCUT2D eigenvalue weighted by Gasteiger charge is 2.19. The zero-order valence-electron chi connectivity index (χ0n) is 43.4. The molecule has 0 aromatic rings. The second-order valence-corrected chi connectivity index (χ2v) is 18.5. The van der Waals surface area contributed by atoms with Gasteiger partial charge in [0, 0.05) is 19.3 Å². The second kappa shape index (κ2) is 54.5. The highest BCUT2D eigenvalue weighted by Crippen LogP contribution is 2.16. The van der Waals surface area contributed by atoms with E-state index in [1.807, 2.05) is 0 Å². The van der Waals surface area contributed by atoms with Crippen LogP contribution >= 0.6 is 0 Å². The van der Waals surface area contributed by atoms with Crippen molar-refractivity contribution in [2.24, 2.45) is 0 Å². The molecule has 1 unspecified atom stereocenters. The molecule has 0 saturated heterocycles. The van der Waals surface area contributed by atoms with E-state index in [9.17, 15) is 14.4 Å². The molecule has 0 aromatic heterocycles. The molecule has 0 spiro atoms. The monoisotopic (exact) mass is 921 g/mol. The van der Waals surface area contributed by atoms with Gasteiger partial charge in [-0.2, -0.15) is 0 Å². The average molecular weight is 921 g/mol. The van der Waals surface area contributed by atoms with Gasteiger partial charge in [-0.3, -0.25) is 14.4 Å². The standard InChI is InChI=1S/C60H104O6/c1-4-7-10-13-15-17-19-21-23-24-25-26-27-28-29-30-31-32-33-34-35-36-37-39-40-42-44-47-50-53-59(62)65-56-57(55-64-58(61)52-49-46-12-9-6-3)66-60(63)54-51-48-45-43-41-38-22-20-18-16-14-11-8-5-2/h7,10,15,17,21,23,25-26,28-29,31-32,57H,4-6,8-9,11-14,16,18-20,22,24,27,30,33-56H2,1-3H3/b10-7-,17-15-,23-21-,26-25-,29-28-,32-31-. The maximum atomic E-state index is 12.7. The molecule has 0 aliphatic heterocycles. The van der Waals surface area contributed by atoms with Crippen LogP contribution in [-0.4, -0.2) is 37.2 Å². The van der Waals surface area contributed by atoms with E-state index in [1.54, 1.807) is 0 Å². The second-order valence-electron chi connectivity index (χ2n) is 18.5. The van der Waals surface area contributed by atoms with Gasteiger partial charge in [-0.05, 0) is 70.6 Å². The van der Waals surface area contributed by atoms with E-state index < -0.39 is 6.10 Å². The first kappa shape index (κ1) is 62.8. The van der Waals surface area contributed by atoms with Crippen LogP contribution in [0.15, 0.2) is 72.9 Å². The predicted octanol–water partition coefficient (Wildman–Crippen LogP) is 18.6. The minimum atomic E-state index is -0.770. The van der Waals surface area contributed by atoms with Gasteiger partial charge in [0.1, 0.15) is 13.2 Å². The number of esters is 3. The third kappa shape index (κ3) is 51.8. The van der Waals surface area contributed by atoms with Gasteiger partial charge in [0.25, 0.3) is 0 Å². The first-order chi connectivity index (χ1) is 32.5. The van der Waals surface area contributed by atoms with Crippen LogP contribution in [-0.2, 0) is 28.6 Å². The first-order valence-electron chi connectivity index (χ1n) is 27.9. The molecule has 0 fully saturated rings. The average Bonchev–Trinajstić information content (AvgIpc) is 3.31. The van der Waals surface area contributed by atoms with Gasteiger partial charge in [-0.15, -0.1) is 0 Å². The van der Waals surface area contributed by atoms with Crippen LogP contribution in [0.4, 0.5) is 0 Å². The van der Waals surface area contributed by atoms with Gasteiger partial charge in [0.15, 0.2) is 6.10 Å². The van der Waals surface area contributed by atoms with E-state index >= 15 is 0 Å². The van der Waals surface area contributed by atoms with Crippen LogP contribution in [0.2, 0.25) is 0 Å². The van der Waals surface area contributed by atoms with Crippen molar-refractivity contribution in [3.05, 3.63) is 72.9 Å². The molecule has 0 rings (SSSR count). The normalized spacial score (nSPS) is 12.6. The number of unbranched alkanes of at least 4 members (excludes halogenated alkanes) is 27. The number of hydrogen-bond donors (Lipinski definition) is 0. The number of rotatable bonds is 50. The minimum absolute atomic E-state index is 0.0744. The van der Waals surface area contributed by atoms with Gasteiger partial charge < -0.3 is 14.2 Å². The molecular weight excluding hydrogens is 817 g/mol. The molecule has 0 radical (unpaired) electrons. The Labute approximate surface area is 408 Å².